The lowest BCUT2D eigenvalue weighted by Crippen LogP contribution is -2.41. The molecule has 1 aliphatic rings. The SMILES string of the molecule is CC(C)(C)OC(=O)N1CCC(c2[nH]c3nccc(Cl)c3c2I)CC1. The number of nitrogens with one attached hydrogen (secondary N) is 1. The van der Waals surface area contributed by atoms with Crippen molar-refractivity contribution in [3.8, 4) is 0 Å². The number of ether oxygens (including phenoxy) is 1. The summed E-state index contributed by atoms with van der Waals surface area (Å²) in [5.41, 5.74) is 1.55. The van der Waals surface area contributed by atoms with Crippen molar-refractivity contribution < 1.29 is 9.53 Å². The maximum Gasteiger partial charge on any atom is 0.410 e. The molecule has 1 N–H and O–H groups in total. The van der Waals surface area contributed by atoms with Crippen LogP contribution in [0.1, 0.15) is 45.2 Å². The molecule has 0 bridgehead atoms. The van der Waals surface area contributed by atoms with E-state index in [2.05, 4.69) is 32.6 Å². The Balaban J connectivity index is 1.72. The van der Waals surface area contributed by atoms with Crippen LogP contribution in [0.2, 0.25) is 5.02 Å². The first kappa shape index (κ1) is 17.8. The van der Waals surface area contributed by atoms with E-state index in [4.69, 9.17) is 16.3 Å². The lowest BCUT2D eigenvalue weighted by molar-refractivity contribution is 0.0204. The molecule has 1 aliphatic heterocycles. The molecule has 0 aromatic carbocycles. The molecule has 0 radical (unpaired) electrons. The van der Waals surface area contributed by atoms with Gasteiger partial charge in [0.1, 0.15) is 11.2 Å². The minimum absolute atomic E-state index is 0.225. The van der Waals surface area contributed by atoms with Crippen LogP contribution in [0.15, 0.2) is 12.3 Å². The number of carbonyl (C=O) groups is 1. The van der Waals surface area contributed by atoms with E-state index in [-0.39, 0.29) is 6.09 Å². The molecule has 0 atom stereocenters. The summed E-state index contributed by atoms with van der Waals surface area (Å²) in [5, 5.41) is 1.71. The fraction of sp³-hybridized carbons (Fsp3) is 0.529. The van der Waals surface area contributed by atoms with Gasteiger partial charge in [-0.3, -0.25) is 0 Å². The molecule has 130 valence electrons. The fourth-order valence-corrected chi connectivity index (χ4v) is 4.54. The van der Waals surface area contributed by atoms with Crippen LogP contribution >= 0.6 is 34.2 Å². The number of hydrogen-bond acceptors (Lipinski definition) is 3. The molecule has 1 fully saturated rings. The second-order valence-electron chi connectivity index (χ2n) is 7.11. The first-order valence-corrected chi connectivity index (χ1v) is 9.51. The highest BCUT2D eigenvalue weighted by Crippen LogP contribution is 2.36. The minimum atomic E-state index is -0.455. The molecular formula is C17H21ClIN3O2. The van der Waals surface area contributed by atoms with Crippen molar-refractivity contribution in [1.82, 2.24) is 14.9 Å². The summed E-state index contributed by atoms with van der Waals surface area (Å²) in [6, 6.07) is 1.81. The normalized spacial score (nSPS) is 16.6. The number of carbonyl (C=O) groups excluding carboxylic acids is 1. The molecule has 3 rings (SSSR count). The molecule has 0 saturated carbocycles. The van der Waals surface area contributed by atoms with Crippen LogP contribution in [-0.2, 0) is 4.74 Å². The number of H-pyrrole nitrogens is 1. The van der Waals surface area contributed by atoms with Gasteiger partial charge in [0, 0.05) is 34.5 Å². The van der Waals surface area contributed by atoms with Crippen molar-refractivity contribution >= 4 is 51.3 Å². The highest BCUT2D eigenvalue weighted by molar-refractivity contribution is 14.1. The number of fused-ring (bicyclic) bond motifs is 1. The molecule has 0 unspecified atom stereocenters. The molecule has 1 amide bonds. The lowest BCUT2D eigenvalue weighted by atomic mass is 9.94. The van der Waals surface area contributed by atoms with E-state index < -0.39 is 5.60 Å². The Morgan fingerprint density at radius 1 is 1.42 bits per heavy atom. The number of amides is 1. The molecule has 2 aromatic heterocycles. The molecule has 2 aromatic rings. The highest BCUT2D eigenvalue weighted by atomic mass is 127. The van der Waals surface area contributed by atoms with Crippen LogP contribution < -0.4 is 0 Å². The van der Waals surface area contributed by atoms with E-state index >= 15 is 0 Å². The van der Waals surface area contributed by atoms with Crippen LogP contribution in [0.25, 0.3) is 11.0 Å². The Kier molecular flexibility index (Phi) is 4.97. The number of rotatable bonds is 1. The summed E-state index contributed by atoms with van der Waals surface area (Å²) >= 11 is 8.64. The molecule has 7 heteroatoms. The minimum Gasteiger partial charge on any atom is -0.444 e. The Morgan fingerprint density at radius 3 is 2.67 bits per heavy atom. The monoisotopic (exact) mass is 461 g/mol. The molecule has 5 nitrogen and oxygen atoms in total. The number of likely N-dealkylation sites (tertiary alicyclic amines) is 1. The van der Waals surface area contributed by atoms with Crippen molar-refractivity contribution in [1.29, 1.82) is 0 Å². The van der Waals surface area contributed by atoms with Crippen molar-refractivity contribution in [3.05, 3.63) is 26.5 Å². The van der Waals surface area contributed by atoms with E-state index in [1.54, 1.807) is 11.1 Å². The van der Waals surface area contributed by atoms with Crippen molar-refractivity contribution in [2.24, 2.45) is 0 Å². The molecular weight excluding hydrogens is 441 g/mol. The Bertz CT molecular complexity index is 761. The standard InChI is InChI=1S/C17H21ClIN3O2/c1-17(2,3)24-16(23)22-8-5-10(6-9-22)14-13(19)12-11(18)4-7-20-15(12)21-14/h4,7,10H,5-6,8-9H2,1-3H3,(H,20,21). The van der Waals surface area contributed by atoms with Crippen LogP contribution in [0, 0.1) is 3.57 Å². The Morgan fingerprint density at radius 2 is 2.08 bits per heavy atom. The van der Waals surface area contributed by atoms with Crippen LogP contribution in [0.5, 0.6) is 0 Å². The Hall–Kier alpha value is -1.02. The quantitative estimate of drug-likeness (QED) is 0.612. The molecule has 0 aliphatic carbocycles. The topological polar surface area (TPSA) is 58.2 Å². The van der Waals surface area contributed by atoms with Gasteiger partial charge in [-0.1, -0.05) is 11.6 Å². The van der Waals surface area contributed by atoms with Gasteiger partial charge in [-0.2, -0.15) is 0 Å². The van der Waals surface area contributed by atoms with Crippen LogP contribution in [0.3, 0.4) is 0 Å². The number of aromatic nitrogens is 2. The molecule has 1 saturated heterocycles. The molecule has 0 spiro atoms. The van der Waals surface area contributed by atoms with Gasteiger partial charge in [-0.05, 0) is 62.3 Å². The number of pyridine rings is 1. The molecule has 24 heavy (non-hydrogen) atoms. The van der Waals surface area contributed by atoms with E-state index in [9.17, 15) is 4.79 Å². The van der Waals surface area contributed by atoms with Crippen LogP contribution in [0.4, 0.5) is 4.79 Å². The predicted molar refractivity (Wildman–Crippen MR) is 104 cm³/mol. The summed E-state index contributed by atoms with van der Waals surface area (Å²) in [7, 11) is 0. The number of nitrogens with zero attached hydrogens (tertiary/aromatic N) is 2. The zero-order chi connectivity index (χ0) is 17.5. The van der Waals surface area contributed by atoms with Gasteiger partial charge in [0.15, 0.2) is 0 Å². The maximum atomic E-state index is 12.2. The third kappa shape index (κ3) is 3.64. The fourth-order valence-electron chi connectivity index (χ4n) is 3.02. The summed E-state index contributed by atoms with van der Waals surface area (Å²) in [4.78, 5) is 21.8. The first-order valence-electron chi connectivity index (χ1n) is 8.06. The van der Waals surface area contributed by atoms with Crippen molar-refractivity contribution in [2.75, 3.05) is 13.1 Å². The van der Waals surface area contributed by atoms with Gasteiger partial charge in [-0.15, -0.1) is 0 Å². The summed E-state index contributed by atoms with van der Waals surface area (Å²) < 4.78 is 6.59. The second kappa shape index (κ2) is 6.71. The maximum absolute atomic E-state index is 12.2. The summed E-state index contributed by atoms with van der Waals surface area (Å²) in [5.74, 6) is 0.376. The van der Waals surface area contributed by atoms with Gasteiger partial charge in [0.25, 0.3) is 0 Å². The van der Waals surface area contributed by atoms with E-state index in [1.807, 2.05) is 26.8 Å². The smallest absolute Gasteiger partial charge is 0.410 e. The lowest BCUT2D eigenvalue weighted by Gasteiger charge is -2.33. The van der Waals surface area contributed by atoms with Gasteiger partial charge >= 0.3 is 6.09 Å². The van der Waals surface area contributed by atoms with Crippen LogP contribution in [-0.4, -0.2) is 39.7 Å². The third-order valence-electron chi connectivity index (χ3n) is 4.16. The number of hydrogen-bond donors (Lipinski definition) is 1. The summed E-state index contributed by atoms with van der Waals surface area (Å²) in [6.07, 6.45) is 3.29. The van der Waals surface area contributed by atoms with Gasteiger partial charge in [0.2, 0.25) is 0 Å². The molecule has 3 heterocycles. The average molecular weight is 462 g/mol. The van der Waals surface area contributed by atoms with E-state index in [1.165, 1.54) is 5.69 Å². The predicted octanol–water partition coefficient (Wildman–Crippen LogP) is 4.94. The van der Waals surface area contributed by atoms with E-state index in [0.29, 0.717) is 19.0 Å². The number of piperidine rings is 1. The third-order valence-corrected chi connectivity index (χ3v) is 5.60. The summed E-state index contributed by atoms with van der Waals surface area (Å²) in [6.45, 7) is 7.07. The first-order chi connectivity index (χ1) is 11.3. The van der Waals surface area contributed by atoms with Crippen molar-refractivity contribution in [2.45, 2.75) is 45.1 Å². The Labute approximate surface area is 160 Å². The van der Waals surface area contributed by atoms with Gasteiger partial charge in [0.05, 0.1) is 10.4 Å². The highest BCUT2D eigenvalue weighted by Gasteiger charge is 2.29. The van der Waals surface area contributed by atoms with Crippen molar-refractivity contribution in [3.63, 3.8) is 0 Å². The largest absolute Gasteiger partial charge is 0.444 e. The van der Waals surface area contributed by atoms with E-state index in [0.717, 1.165) is 32.5 Å². The average Bonchev–Trinajstić information content (AvgIpc) is 2.84. The number of halogens is 2. The zero-order valence-electron chi connectivity index (χ0n) is 14.0. The zero-order valence-corrected chi connectivity index (χ0v) is 16.9. The van der Waals surface area contributed by atoms with Gasteiger partial charge in [-0.25, -0.2) is 9.78 Å². The van der Waals surface area contributed by atoms with Gasteiger partial charge < -0.3 is 14.6 Å². The second-order valence-corrected chi connectivity index (χ2v) is 8.60. The number of aromatic amines is 1.